The number of alkyl halides is 3. The Morgan fingerprint density at radius 1 is 1.04 bits per heavy atom. The molecule has 0 bridgehead atoms. The molecule has 0 amide bonds. The van der Waals surface area contributed by atoms with E-state index < -0.39 is 29.6 Å². The summed E-state index contributed by atoms with van der Waals surface area (Å²) in [5.41, 5.74) is 1.42. The van der Waals surface area contributed by atoms with Crippen LogP contribution in [0.25, 0.3) is 0 Å². The van der Waals surface area contributed by atoms with Crippen molar-refractivity contribution < 1.29 is 31.1 Å². The molecule has 1 nitrogen and oxygen atoms in total. The van der Waals surface area contributed by atoms with Crippen molar-refractivity contribution >= 4 is 0 Å². The zero-order valence-electron chi connectivity index (χ0n) is 13.2. The third kappa shape index (κ3) is 3.60. The lowest BCUT2D eigenvalue weighted by Crippen LogP contribution is -2.21. The summed E-state index contributed by atoms with van der Waals surface area (Å²) < 4.78 is 82.6. The van der Waals surface area contributed by atoms with Gasteiger partial charge in [0.2, 0.25) is 5.75 Å². The van der Waals surface area contributed by atoms with Gasteiger partial charge in [0.15, 0.2) is 11.6 Å². The Bertz CT molecular complexity index is 812. The number of rotatable bonds is 2. The Labute approximate surface area is 140 Å². The third-order valence-electron chi connectivity index (χ3n) is 4.39. The van der Waals surface area contributed by atoms with Gasteiger partial charge >= 0.3 is 6.36 Å². The van der Waals surface area contributed by atoms with Gasteiger partial charge < -0.3 is 4.74 Å². The highest BCUT2D eigenvalue weighted by Gasteiger charge is 2.36. The van der Waals surface area contributed by atoms with E-state index in [9.17, 15) is 26.3 Å². The van der Waals surface area contributed by atoms with E-state index in [2.05, 4.69) is 4.74 Å². The normalized spacial score (nSPS) is 17.3. The van der Waals surface area contributed by atoms with Gasteiger partial charge in [-0.2, -0.15) is 0 Å². The Balaban J connectivity index is 1.94. The summed E-state index contributed by atoms with van der Waals surface area (Å²) in [4.78, 5) is 0. The first kappa shape index (κ1) is 17.6. The minimum atomic E-state index is -5.18. The van der Waals surface area contributed by atoms with Crippen LogP contribution >= 0.6 is 0 Å². The second kappa shape index (κ2) is 6.28. The maximum atomic E-state index is 14.3. The van der Waals surface area contributed by atoms with Crippen LogP contribution in [0.15, 0.2) is 24.3 Å². The van der Waals surface area contributed by atoms with Gasteiger partial charge in [-0.25, -0.2) is 13.2 Å². The van der Waals surface area contributed by atoms with Crippen molar-refractivity contribution in [1.29, 1.82) is 0 Å². The highest BCUT2D eigenvalue weighted by Crippen LogP contribution is 2.39. The first-order valence-electron chi connectivity index (χ1n) is 7.67. The molecule has 0 aromatic heterocycles. The molecule has 2 aromatic rings. The second-order valence-electron chi connectivity index (χ2n) is 6.15. The largest absolute Gasteiger partial charge is 0.573 e. The number of benzene rings is 2. The topological polar surface area (TPSA) is 9.23 Å². The smallest absolute Gasteiger partial charge is 0.399 e. The maximum Gasteiger partial charge on any atom is 0.573 e. The Morgan fingerprint density at radius 3 is 2.40 bits per heavy atom. The van der Waals surface area contributed by atoms with E-state index >= 15 is 0 Å². The van der Waals surface area contributed by atoms with Crippen LogP contribution in [0.4, 0.5) is 26.3 Å². The molecular weight excluding hydrogens is 346 g/mol. The van der Waals surface area contributed by atoms with Crippen molar-refractivity contribution in [1.82, 2.24) is 0 Å². The minimum Gasteiger partial charge on any atom is -0.399 e. The lowest BCUT2D eigenvalue weighted by molar-refractivity contribution is -0.276. The van der Waals surface area contributed by atoms with E-state index in [-0.39, 0.29) is 29.9 Å². The molecule has 1 unspecified atom stereocenters. The van der Waals surface area contributed by atoms with Gasteiger partial charge in [-0.05, 0) is 66.5 Å². The van der Waals surface area contributed by atoms with Gasteiger partial charge in [0.05, 0.1) is 0 Å². The van der Waals surface area contributed by atoms with Gasteiger partial charge in [-0.15, -0.1) is 13.2 Å². The van der Waals surface area contributed by atoms with E-state index in [1.807, 2.05) is 0 Å². The molecule has 3 rings (SSSR count). The van der Waals surface area contributed by atoms with Crippen molar-refractivity contribution in [3.63, 3.8) is 0 Å². The molecule has 0 fully saturated rings. The summed E-state index contributed by atoms with van der Waals surface area (Å²) in [5, 5.41) is 0. The Kier molecular flexibility index (Phi) is 4.43. The molecule has 1 aliphatic rings. The highest BCUT2D eigenvalue weighted by atomic mass is 19.4. The van der Waals surface area contributed by atoms with Crippen LogP contribution in [-0.2, 0) is 12.8 Å². The van der Waals surface area contributed by atoms with Crippen LogP contribution in [0.2, 0.25) is 0 Å². The molecule has 2 aromatic carbocycles. The fourth-order valence-electron chi connectivity index (χ4n) is 3.26. The van der Waals surface area contributed by atoms with Crippen molar-refractivity contribution in [2.24, 2.45) is 0 Å². The molecular formula is C18H14F6O. The number of hydrogen-bond donors (Lipinski definition) is 0. The van der Waals surface area contributed by atoms with E-state index in [4.69, 9.17) is 0 Å². The van der Waals surface area contributed by atoms with E-state index in [0.717, 1.165) is 11.6 Å². The number of ether oxygens (including phenoxy) is 1. The summed E-state index contributed by atoms with van der Waals surface area (Å²) >= 11 is 0. The van der Waals surface area contributed by atoms with Gasteiger partial charge in [0.25, 0.3) is 0 Å². The number of aryl methyl sites for hydroxylation is 1. The summed E-state index contributed by atoms with van der Waals surface area (Å²) in [7, 11) is 0. The van der Waals surface area contributed by atoms with Gasteiger partial charge in [0, 0.05) is 0 Å². The van der Waals surface area contributed by atoms with Crippen LogP contribution in [0, 0.1) is 24.4 Å². The Hall–Kier alpha value is -2.18. The molecule has 0 radical (unpaired) electrons. The predicted octanol–water partition coefficient (Wildman–Crippen LogP) is 5.58. The van der Waals surface area contributed by atoms with Crippen molar-refractivity contribution in [2.75, 3.05) is 0 Å². The molecule has 25 heavy (non-hydrogen) atoms. The lowest BCUT2D eigenvalue weighted by Gasteiger charge is -2.26. The standard InChI is InChI=1S/C18H14F6O/c1-9-2-4-12(14(19)6-9)10-3-5-13-11(7-10)8-15(20)17(16(13)21)25-18(22,23)24/h2,4,6,8,10H,3,5,7H2,1H3. The van der Waals surface area contributed by atoms with Crippen molar-refractivity contribution in [3.05, 3.63) is 64.0 Å². The minimum absolute atomic E-state index is 0.00980. The molecule has 134 valence electrons. The number of hydrogen-bond acceptors (Lipinski definition) is 1. The van der Waals surface area contributed by atoms with Crippen LogP contribution < -0.4 is 4.74 Å². The molecule has 0 saturated carbocycles. The summed E-state index contributed by atoms with van der Waals surface area (Å²) in [5.74, 6) is -4.88. The van der Waals surface area contributed by atoms with Crippen LogP contribution in [0.1, 0.15) is 34.6 Å². The van der Waals surface area contributed by atoms with Crippen LogP contribution in [0.3, 0.4) is 0 Å². The SMILES string of the molecule is Cc1ccc(C2CCc3c(cc(F)c(OC(F)(F)F)c3F)C2)c(F)c1. The molecule has 0 N–H and O–H groups in total. The molecule has 7 heteroatoms. The lowest BCUT2D eigenvalue weighted by atomic mass is 9.79. The van der Waals surface area contributed by atoms with Crippen LogP contribution in [-0.4, -0.2) is 6.36 Å². The van der Waals surface area contributed by atoms with E-state index in [1.54, 1.807) is 19.1 Å². The number of fused-ring (bicyclic) bond motifs is 1. The summed E-state index contributed by atoms with van der Waals surface area (Å²) in [6, 6.07) is 5.60. The molecule has 1 atom stereocenters. The molecule has 0 aliphatic heterocycles. The second-order valence-corrected chi connectivity index (χ2v) is 6.15. The monoisotopic (exact) mass is 360 g/mol. The predicted molar refractivity (Wildman–Crippen MR) is 78.9 cm³/mol. The quantitative estimate of drug-likeness (QED) is 0.635. The molecule has 1 aliphatic carbocycles. The van der Waals surface area contributed by atoms with Gasteiger partial charge in [-0.3, -0.25) is 0 Å². The third-order valence-corrected chi connectivity index (χ3v) is 4.39. The van der Waals surface area contributed by atoms with E-state index in [1.165, 1.54) is 6.07 Å². The molecule has 0 spiro atoms. The van der Waals surface area contributed by atoms with Crippen LogP contribution in [0.5, 0.6) is 5.75 Å². The summed E-state index contributed by atoms with van der Waals surface area (Å²) in [6.07, 6.45) is -4.61. The first-order chi connectivity index (χ1) is 11.7. The number of halogens is 6. The highest BCUT2D eigenvalue weighted by molar-refractivity contribution is 5.42. The first-order valence-corrected chi connectivity index (χ1v) is 7.67. The average Bonchev–Trinajstić information content (AvgIpc) is 2.50. The molecule has 0 saturated heterocycles. The van der Waals surface area contributed by atoms with Gasteiger partial charge in [0.1, 0.15) is 5.82 Å². The maximum absolute atomic E-state index is 14.3. The zero-order chi connectivity index (χ0) is 18.4. The molecule has 0 heterocycles. The summed E-state index contributed by atoms with van der Waals surface area (Å²) in [6.45, 7) is 1.75. The zero-order valence-corrected chi connectivity index (χ0v) is 13.2. The fourth-order valence-corrected chi connectivity index (χ4v) is 3.26. The van der Waals surface area contributed by atoms with E-state index in [0.29, 0.717) is 12.0 Å². The van der Waals surface area contributed by atoms with Crippen molar-refractivity contribution in [3.8, 4) is 5.75 Å². The van der Waals surface area contributed by atoms with Gasteiger partial charge in [-0.1, -0.05) is 12.1 Å². The fraction of sp³-hybridized carbons (Fsp3) is 0.333. The Morgan fingerprint density at radius 2 is 1.76 bits per heavy atom. The van der Waals surface area contributed by atoms with Crippen molar-refractivity contribution in [2.45, 2.75) is 38.5 Å². The average molecular weight is 360 g/mol.